The normalized spacial score (nSPS) is 16.9. The maximum Gasteiger partial charge on any atom is 0.303 e. The van der Waals surface area contributed by atoms with E-state index in [2.05, 4.69) is 28.9 Å². The number of carboxylic acid groups (broad SMARTS) is 1. The van der Waals surface area contributed by atoms with Gasteiger partial charge in [0, 0.05) is 19.5 Å². The first-order valence-electron chi connectivity index (χ1n) is 6.86. The summed E-state index contributed by atoms with van der Waals surface area (Å²) >= 11 is 0. The maximum absolute atomic E-state index is 10.7. The molecule has 1 aromatic rings. The van der Waals surface area contributed by atoms with Crippen LogP contribution in [0.25, 0.3) is 0 Å². The van der Waals surface area contributed by atoms with Crippen LogP contribution in [0.15, 0.2) is 12.1 Å². The monoisotopic (exact) mass is 263 g/mol. The molecule has 1 N–H and O–H groups in total. The summed E-state index contributed by atoms with van der Waals surface area (Å²) in [5.74, 6) is 0.900. The summed E-state index contributed by atoms with van der Waals surface area (Å²) in [6, 6.07) is 4.04. The minimum Gasteiger partial charge on any atom is -0.481 e. The molecule has 1 aromatic heterocycles. The summed E-state index contributed by atoms with van der Waals surface area (Å²) in [6.07, 6.45) is 2.12. The quantitative estimate of drug-likeness (QED) is 0.902. The first-order valence-corrected chi connectivity index (χ1v) is 6.86. The number of piperidine rings is 1. The molecule has 104 valence electrons. The molecule has 5 heteroatoms. The maximum atomic E-state index is 10.7. The van der Waals surface area contributed by atoms with Gasteiger partial charge in [0.2, 0.25) is 0 Å². The Morgan fingerprint density at radius 2 is 2.05 bits per heavy atom. The summed E-state index contributed by atoms with van der Waals surface area (Å²) in [5.41, 5.74) is 1.00. The molecular weight excluding hydrogens is 242 g/mol. The lowest BCUT2D eigenvalue weighted by Crippen LogP contribution is -2.35. The third-order valence-corrected chi connectivity index (χ3v) is 3.66. The molecule has 19 heavy (non-hydrogen) atoms. The highest BCUT2D eigenvalue weighted by Crippen LogP contribution is 2.24. The Hall–Kier alpha value is -1.65. The molecule has 0 atom stereocenters. The number of aliphatic carboxylic acids is 1. The van der Waals surface area contributed by atoms with Crippen molar-refractivity contribution in [1.82, 2.24) is 10.2 Å². The Balaban J connectivity index is 1.92. The van der Waals surface area contributed by atoms with Gasteiger partial charge in [0.15, 0.2) is 5.82 Å². The SMILES string of the molecule is CC(C)c1ccc(N2CCC(CC(=O)O)CC2)nn1. The van der Waals surface area contributed by atoms with E-state index in [1.54, 1.807) is 0 Å². The van der Waals surface area contributed by atoms with E-state index >= 15 is 0 Å². The van der Waals surface area contributed by atoms with E-state index in [0.717, 1.165) is 37.4 Å². The Morgan fingerprint density at radius 1 is 1.37 bits per heavy atom. The van der Waals surface area contributed by atoms with Crippen molar-refractivity contribution in [2.45, 2.75) is 39.0 Å². The lowest BCUT2D eigenvalue weighted by atomic mass is 9.94. The zero-order chi connectivity index (χ0) is 13.8. The molecule has 5 nitrogen and oxygen atoms in total. The number of hydrogen-bond acceptors (Lipinski definition) is 4. The van der Waals surface area contributed by atoms with Crippen molar-refractivity contribution >= 4 is 11.8 Å². The minimum atomic E-state index is -0.695. The highest BCUT2D eigenvalue weighted by atomic mass is 16.4. The highest BCUT2D eigenvalue weighted by Gasteiger charge is 2.22. The molecular formula is C14H21N3O2. The van der Waals surface area contributed by atoms with Crippen molar-refractivity contribution in [1.29, 1.82) is 0 Å². The summed E-state index contributed by atoms with van der Waals surface area (Å²) in [6.45, 7) is 5.93. The van der Waals surface area contributed by atoms with Gasteiger partial charge in [-0.3, -0.25) is 4.79 Å². The van der Waals surface area contributed by atoms with E-state index in [9.17, 15) is 4.79 Å². The Kier molecular flexibility index (Phi) is 4.35. The molecule has 0 aromatic carbocycles. The van der Waals surface area contributed by atoms with Crippen LogP contribution < -0.4 is 4.90 Å². The zero-order valence-corrected chi connectivity index (χ0v) is 11.5. The van der Waals surface area contributed by atoms with Gasteiger partial charge in [0.05, 0.1) is 5.69 Å². The van der Waals surface area contributed by atoms with Crippen LogP contribution in [0.3, 0.4) is 0 Å². The number of anilines is 1. The smallest absolute Gasteiger partial charge is 0.303 e. The standard InChI is InChI=1S/C14H21N3O2/c1-10(2)12-3-4-13(16-15-12)17-7-5-11(6-8-17)9-14(18)19/h3-4,10-11H,5-9H2,1-2H3,(H,18,19). The third kappa shape index (κ3) is 3.66. The molecule has 1 aliphatic heterocycles. The van der Waals surface area contributed by atoms with Crippen LogP contribution in [0.1, 0.15) is 44.7 Å². The number of hydrogen-bond donors (Lipinski definition) is 1. The van der Waals surface area contributed by atoms with E-state index in [0.29, 0.717) is 11.8 Å². The first kappa shape index (κ1) is 13.8. The van der Waals surface area contributed by atoms with Gasteiger partial charge < -0.3 is 10.0 Å². The number of carboxylic acids is 1. The number of rotatable bonds is 4. The molecule has 2 rings (SSSR count). The molecule has 1 aliphatic rings. The highest BCUT2D eigenvalue weighted by molar-refractivity contribution is 5.67. The minimum absolute atomic E-state index is 0.284. The molecule has 0 radical (unpaired) electrons. The number of aromatic nitrogens is 2. The number of nitrogens with zero attached hydrogens (tertiary/aromatic N) is 3. The largest absolute Gasteiger partial charge is 0.481 e. The molecule has 0 bridgehead atoms. The molecule has 0 saturated carbocycles. The molecule has 0 spiro atoms. The van der Waals surface area contributed by atoms with E-state index in [1.165, 1.54) is 0 Å². The summed E-state index contributed by atoms with van der Waals surface area (Å²) in [4.78, 5) is 12.9. The van der Waals surface area contributed by atoms with Crippen molar-refractivity contribution in [3.8, 4) is 0 Å². The lowest BCUT2D eigenvalue weighted by Gasteiger charge is -2.31. The summed E-state index contributed by atoms with van der Waals surface area (Å²) in [5, 5.41) is 17.3. The van der Waals surface area contributed by atoms with Crippen LogP contribution in [0.4, 0.5) is 5.82 Å². The molecule has 0 amide bonds. The molecule has 1 saturated heterocycles. The fourth-order valence-corrected chi connectivity index (χ4v) is 2.43. The predicted molar refractivity (Wildman–Crippen MR) is 73.3 cm³/mol. The van der Waals surface area contributed by atoms with Crippen LogP contribution in [-0.4, -0.2) is 34.4 Å². The molecule has 2 heterocycles. The van der Waals surface area contributed by atoms with Crippen molar-refractivity contribution in [2.24, 2.45) is 5.92 Å². The topological polar surface area (TPSA) is 66.3 Å². The Labute approximate surface area is 113 Å². The van der Waals surface area contributed by atoms with E-state index in [-0.39, 0.29) is 6.42 Å². The Morgan fingerprint density at radius 3 is 2.53 bits per heavy atom. The first-order chi connectivity index (χ1) is 9.06. The second-order valence-electron chi connectivity index (χ2n) is 5.50. The van der Waals surface area contributed by atoms with Gasteiger partial charge in [0.25, 0.3) is 0 Å². The van der Waals surface area contributed by atoms with E-state index in [1.807, 2.05) is 12.1 Å². The van der Waals surface area contributed by atoms with Gasteiger partial charge in [-0.2, -0.15) is 5.10 Å². The summed E-state index contributed by atoms with van der Waals surface area (Å²) < 4.78 is 0. The van der Waals surface area contributed by atoms with Gasteiger partial charge >= 0.3 is 5.97 Å². The van der Waals surface area contributed by atoms with Gasteiger partial charge in [-0.15, -0.1) is 5.10 Å². The second-order valence-corrected chi connectivity index (χ2v) is 5.50. The Bertz CT molecular complexity index is 423. The fraction of sp³-hybridized carbons (Fsp3) is 0.643. The predicted octanol–water partition coefficient (Wildman–Crippen LogP) is 2.29. The average Bonchev–Trinajstić information content (AvgIpc) is 2.39. The molecule has 0 unspecified atom stereocenters. The molecule has 0 aliphatic carbocycles. The molecule has 1 fully saturated rings. The average molecular weight is 263 g/mol. The van der Waals surface area contributed by atoms with Crippen LogP contribution >= 0.6 is 0 Å². The zero-order valence-electron chi connectivity index (χ0n) is 11.5. The number of carbonyl (C=O) groups is 1. The second kappa shape index (κ2) is 5.99. The van der Waals surface area contributed by atoms with Crippen LogP contribution in [0.2, 0.25) is 0 Å². The van der Waals surface area contributed by atoms with Gasteiger partial charge in [-0.1, -0.05) is 13.8 Å². The van der Waals surface area contributed by atoms with Gasteiger partial charge in [0.1, 0.15) is 0 Å². The van der Waals surface area contributed by atoms with Crippen LogP contribution in [-0.2, 0) is 4.79 Å². The van der Waals surface area contributed by atoms with Crippen molar-refractivity contribution in [2.75, 3.05) is 18.0 Å². The lowest BCUT2D eigenvalue weighted by molar-refractivity contribution is -0.138. The fourth-order valence-electron chi connectivity index (χ4n) is 2.43. The van der Waals surface area contributed by atoms with Gasteiger partial charge in [-0.05, 0) is 36.8 Å². The van der Waals surface area contributed by atoms with Crippen molar-refractivity contribution in [3.63, 3.8) is 0 Å². The van der Waals surface area contributed by atoms with Crippen LogP contribution in [0, 0.1) is 5.92 Å². The third-order valence-electron chi connectivity index (χ3n) is 3.66. The van der Waals surface area contributed by atoms with E-state index < -0.39 is 5.97 Å². The van der Waals surface area contributed by atoms with Crippen molar-refractivity contribution < 1.29 is 9.90 Å². The van der Waals surface area contributed by atoms with Crippen LogP contribution in [0.5, 0.6) is 0 Å². The van der Waals surface area contributed by atoms with E-state index in [4.69, 9.17) is 5.11 Å². The summed E-state index contributed by atoms with van der Waals surface area (Å²) in [7, 11) is 0. The van der Waals surface area contributed by atoms with Crippen molar-refractivity contribution in [3.05, 3.63) is 17.8 Å². The van der Waals surface area contributed by atoms with Gasteiger partial charge in [-0.25, -0.2) is 0 Å².